The lowest BCUT2D eigenvalue weighted by Gasteiger charge is -2.55. The molecule has 1 aromatic rings. The van der Waals surface area contributed by atoms with Gasteiger partial charge in [-0.25, -0.2) is 0 Å². The van der Waals surface area contributed by atoms with Crippen molar-refractivity contribution in [3.63, 3.8) is 0 Å². The highest BCUT2D eigenvalue weighted by Crippen LogP contribution is 2.60. The summed E-state index contributed by atoms with van der Waals surface area (Å²) in [4.78, 5) is 0. The van der Waals surface area contributed by atoms with Crippen molar-refractivity contribution in [3.05, 3.63) is 23.3 Å². The van der Waals surface area contributed by atoms with Gasteiger partial charge in [0.25, 0.3) is 0 Å². The summed E-state index contributed by atoms with van der Waals surface area (Å²) >= 11 is 0. The van der Waals surface area contributed by atoms with E-state index >= 15 is 0 Å². The van der Waals surface area contributed by atoms with E-state index in [1.807, 2.05) is 0 Å². The zero-order chi connectivity index (χ0) is 16.2. The summed E-state index contributed by atoms with van der Waals surface area (Å²) in [6, 6.07) is 4.61. The van der Waals surface area contributed by atoms with Crippen molar-refractivity contribution >= 4 is 0 Å². The molecule has 23 heavy (non-hydrogen) atoms. The molecule has 3 atom stereocenters. The minimum Gasteiger partial charge on any atom is -0.487 e. The quantitative estimate of drug-likeness (QED) is 0.671. The van der Waals surface area contributed by atoms with E-state index in [1.54, 1.807) is 0 Å². The molecule has 2 bridgehead atoms. The fourth-order valence-electron chi connectivity index (χ4n) is 5.14. The molecule has 1 fully saturated rings. The molecular formula is C21H30O2. The normalized spacial score (nSPS) is 32.9. The van der Waals surface area contributed by atoms with Crippen LogP contribution in [-0.4, -0.2) is 11.2 Å². The molecule has 0 spiro atoms. The van der Waals surface area contributed by atoms with Gasteiger partial charge in [0, 0.05) is 17.4 Å². The predicted molar refractivity (Wildman–Crippen MR) is 93.5 cm³/mol. The number of ether oxygens (including phenoxy) is 2. The van der Waals surface area contributed by atoms with E-state index in [1.165, 1.54) is 36.8 Å². The summed E-state index contributed by atoms with van der Waals surface area (Å²) < 4.78 is 13.0. The van der Waals surface area contributed by atoms with Crippen molar-refractivity contribution in [3.8, 4) is 11.5 Å². The summed E-state index contributed by atoms with van der Waals surface area (Å²) in [6.07, 6.45) is 8.45. The molecule has 1 aromatic carbocycles. The molecule has 0 saturated heterocycles. The van der Waals surface area contributed by atoms with Crippen LogP contribution >= 0.6 is 0 Å². The zero-order valence-electron chi connectivity index (χ0n) is 15.1. The Morgan fingerprint density at radius 1 is 1.09 bits per heavy atom. The molecule has 2 heterocycles. The van der Waals surface area contributed by atoms with E-state index in [0.29, 0.717) is 11.8 Å². The van der Waals surface area contributed by atoms with E-state index in [0.717, 1.165) is 30.8 Å². The Hall–Kier alpha value is -1.18. The van der Waals surface area contributed by atoms with Crippen molar-refractivity contribution in [2.45, 2.75) is 89.8 Å². The number of fused-ring (bicyclic) bond motifs is 1. The molecule has 0 radical (unpaired) electrons. The Bertz CT molecular complexity index is 601. The maximum Gasteiger partial charge on any atom is 0.127 e. The lowest BCUT2D eigenvalue weighted by Crippen LogP contribution is -2.53. The molecule has 1 saturated carbocycles. The van der Waals surface area contributed by atoms with Crippen molar-refractivity contribution in [2.75, 3.05) is 0 Å². The summed E-state index contributed by atoms with van der Waals surface area (Å²) in [6.45, 7) is 9.12. The van der Waals surface area contributed by atoms with Gasteiger partial charge in [0.2, 0.25) is 0 Å². The van der Waals surface area contributed by atoms with Crippen LogP contribution < -0.4 is 9.47 Å². The van der Waals surface area contributed by atoms with Gasteiger partial charge in [-0.1, -0.05) is 19.8 Å². The minimum atomic E-state index is -0.0599. The van der Waals surface area contributed by atoms with Gasteiger partial charge >= 0.3 is 0 Å². The van der Waals surface area contributed by atoms with Gasteiger partial charge in [0.1, 0.15) is 22.7 Å². The van der Waals surface area contributed by atoms with Gasteiger partial charge in [-0.05, 0) is 70.6 Å². The molecule has 2 nitrogen and oxygen atoms in total. The molecule has 0 amide bonds. The first-order chi connectivity index (χ1) is 10.9. The van der Waals surface area contributed by atoms with E-state index in [9.17, 15) is 0 Å². The van der Waals surface area contributed by atoms with Crippen LogP contribution in [-0.2, 0) is 6.42 Å². The average molecular weight is 314 g/mol. The molecule has 2 aliphatic heterocycles. The molecule has 126 valence electrons. The molecule has 4 rings (SSSR count). The Labute approximate surface area is 140 Å². The number of unbranched alkanes of at least 4 members (excludes halogenated alkanes) is 2. The molecule has 0 N–H and O–H groups in total. The second kappa shape index (κ2) is 5.16. The van der Waals surface area contributed by atoms with E-state index < -0.39 is 0 Å². The Balaban J connectivity index is 1.76. The molecular weight excluding hydrogens is 284 g/mol. The number of benzene rings is 1. The third-order valence-corrected chi connectivity index (χ3v) is 6.35. The standard InChI is InChI=1S/C21H30O2/c1-5-6-7-8-14-11-17-19-15-13-21(4,23-18(19)12-14)10-9-16(15)20(2,3)22-17/h11-12,15-16H,5-10,13H2,1-4H3/t15-,16?,21?/m1/s1. The lowest BCUT2D eigenvalue weighted by molar-refractivity contribution is -0.0727. The topological polar surface area (TPSA) is 18.5 Å². The van der Waals surface area contributed by atoms with Gasteiger partial charge in [-0.15, -0.1) is 0 Å². The Morgan fingerprint density at radius 3 is 2.57 bits per heavy atom. The number of hydrogen-bond acceptors (Lipinski definition) is 2. The lowest BCUT2D eigenvalue weighted by atomic mass is 9.61. The summed E-state index contributed by atoms with van der Waals surface area (Å²) in [7, 11) is 0. The largest absolute Gasteiger partial charge is 0.487 e. The molecule has 1 aliphatic carbocycles. The third-order valence-electron chi connectivity index (χ3n) is 6.35. The first-order valence-electron chi connectivity index (χ1n) is 9.47. The van der Waals surface area contributed by atoms with Crippen LogP contribution in [0.25, 0.3) is 0 Å². The van der Waals surface area contributed by atoms with Gasteiger partial charge in [0.15, 0.2) is 0 Å². The maximum atomic E-state index is 6.49. The second-order valence-electron chi connectivity index (χ2n) is 8.68. The molecule has 0 aromatic heterocycles. The van der Waals surface area contributed by atoms with Gasteiger partial charge in [0.05, 0.1) is 0 Å². The van der Waals surface area contributed by atoms with E-state index in [-0.39, 0.29) is 11.2 Å². The first kappa shape index (κ1) is 15.4. The Morgan fingerprint density at radius 2 is 1.83 bits per heavy atom. The van der Waals surface area contributed by atoms with Crippen LogP contribution in [0.15, 0.2) is 12.1 Å². The third kappa shape index (κ3) is 2.45. The zero-order valence-corrected chi connectivity index (χ0v) is 15.1. The fourth-order valence-corrected chi connectivity index (χ4v) is 5.14. The highest BCUT2D eigenvalue weighted by Gasteiger charge is 2.54. The highest BCUT2D eigenvalue weighted by molar-refractivity contribution is 5.54. The summed E-state index contributed by atoms with van der Waals surface area (Å²) in [5.74, 6) is 3.45. The minimum absolute atomic E-state index is 0.0287. The van der Waals surface area contributed by atoms with Crippen LogP contribution in [0.3, 0.4) is 0 Å². The number of rotatable bonds is 4. The van der Waals surface area contributed by atoms with Crippen LogP contribution in [0.1, 0.15) is 83.3 Å². The van der Waals surface area contributed by atoms with E-state index in [4.69, 9.17) is 9.47 Å². The van der Waals surface area contributed by atoms with Crippen LogP contribution in [0.4, 0.5) is 0 Å². The van der Waals surface area contributed by atoms with Crippen molar-refractivity contribution in [1.29, 1.82) is 0 Å². The predicted octanol–water partition coefficient (Wildman–Crippen LogP) is 5.63. The van der Waals surface area contributed by atoms with Crippen molar-refractivity contribution in [1.82, 2.24) is 0 Å². The van der Waals surface area contributed by atoms with E-state index in [2.05, 4.69) is 39.8 Å². The molecule has 2 unspecified atom stereocenters. The van der Waals surface area contributed by atoms with Gasteiger partial charge in [-0.2, -0.15) is 0 Å². The smallest absolute Gasteiger partial charge is 0.127 e. The maximum absolute atomic E-state index is 6.49. The number of aryl methyl sites for hydroxylation is 1. The van der Waals surface area contributed by atoms with Crippen LogP contribution in [0.5, 0.6) is 11.5 Å². The van der Waals surface area contributed by atoms with Crippen LogP contribution in [0, 0.1) is 5.92 Å². The summed E-state index contributed by atoms with van der Waals surface area (Å²) in [5.41, 5.74) is 2.71. The first-order valence-corrected chi connectivity index (χ1v) is 9.47. The van der Waals surface area contributed by atoms with Crippen LogP contribution in [0.2, 0.25) is 0 Å². The average Bonchev–Trinajstić information content (AvgIpc) is 2.45. The van der Waals surface area contributed by atoms with Crippen molar-refractivity contribution in [2.24, 2.45) is 5.92 Å². The molecule has 2 heteroatoms. The number of hydrogen-bond donors (Lipinski definition) is 0. The fraction of sp³-hybridized carbons (Fsp3) is 0.714. The van der Waals surface area contributed by atoms with Gasteiger partial charge in [-0.3, -0.25) is 0 Å². The highest BCUT2D eigenvalue weighted by atomic mass is 16.5. The summed E-state index contributed by atoms with van der Waals surface area (Å²) in [5, 5.41) is 0. The second-order valence-corrected chi connectivity index (χ2v) is 8.68. The Kier molecular flexibility index (Phi) is 3.44. The van der Waals surface area contributed by atoms with Gasteiger partial charge < -0.3 is 9.47 Å². The monoisotopic (exact) mass is 314 g/mol. The molecule has 3 aliphatic rings. The van der Waals surface area contributed by atoms with Crippen molar-refractivity contribution < 1.29 is 9.47 Å². The SMILES string of the molecule is CCCCCc1cc2c3c(c1)OC(C)(C)C1CCC(C)(C[C@@H]31)O2.